The zero-order chi connectivity index (χ0) is 17.7. The Morgan fingerprint density at radius 3 is 2.77 bits per heavy atom. The first-order valence-electron chi connectivity index (χ1n) is 9.60. The zero-order valence-corrected chi connectivity index (χ0v) is 14.9. The van der Waals surface area contributed by atoms with Gasteiger partial charge in [-0.15, -0.1) is 0 Å². The molecule has 2 aromatic rings. The van der Waals surface area contributed by atoms with E-state index in [1.165, 1.54) is 35.7 Å². The van der Waals surface area contributed by atoms with Gasteiger partial charge in [0.25, 0.3) is 0 Å². The quantitative estimate of drug-likeness (QED) is 0.867. The number of amides is 1. The zero-order valence-electron chi connectivity index (χ0n) is 14.9. The van der Waals surface area contributed by atoms with E-state index in [1.54, 1.807) is 0 Å². The summed E-state index contributed by atoms with van der Waals surface area (Å²) < 4.78 is 2.14. The number of benzene rings is 1. The van der Waals surface area contributed by atoms with E-state index in [1.807, 2.05) is 4.90 Å². The van der Waals surface area contributed by atoms with Gasteiger partial charge < -0.3 is 10.2 Å². The minimum absolute atomic E-state index is 0.00705. The highest BCUT2D eigenvalue weighted by molar-refractivity contribution is 5.87. The summed E-state index contributed by atoms with van der Waals surface area (Å²) in [5.74, 6) is 0.784. The van der Waals surface area contributed by atoms with Gasteiger partial charge in [-0.2, -0.15) is 5.10 Å². The van der Waals surface area contributed by atoms with Crippen LogP contribution in [0, 0.1) is 0 Å². The predicted octanol–water partition coefficient (Wildman–Crippen LogP) is 2.51. The third-order valence-electron chi connectivity index (χ3n) is 5.89. The van der Waals surface area contributed by atoms with Gasteiger partial charge in [-0.1, -0.05) is 18.7 Å². The molecular formula is C21H24N4O. The molecule has 0 spiro atoms. The fourth-order valence-corrected chi connectivity index (χ4v) is 4.37. The van der Waals surface area contributed by atoms with Gasteiger partial charge in [0.2, 0.25) is 5.91 Å². The highest BCUT2D eigenvalue weighted by atomic mass is 16.2. The van der Waals surface area contributed by atoms with E-state index in [9.17, 15) is 4.79 Å². The summed E-state index contributed by atoms with van der Waals surface area (Å²) in [5, 5.41) is 8.55. The van der Waals surface area contributed by atoms with Crippen molar-refractivity contribution in [1.29, 1.82) is 0 Å². The second-order valence-corrected chi connectivity index (χ2v) is 7.58. The van der Waals surface area contributed by atoms with Crippen LogP contribution >= 0.6 is 0 Å². The minimum Gasteiger partial charge on any atom is -0.337 e. The van der Waals surface area contributed by atoms with Crippen LogP contribution < -0.4 is 5.32 Å². The Morgan fingerprint density at radius 2 is 2.04 bits per heavy atom. The number of rotatable bonds is 3. The molecule has 134 valence electrons. The van der Waals surface area contributed by atoms with Crippen LogP contribution in [0.25, 0.3) is 5.69 Å². The summed E-state index contributed by atoms with van der Waals surface area (Å²) in [5.41, 5.74) is 6.34. The van der Waals surface area contributed by atoms with Crippen molar-refractivity contribution in [3.05, 3.63) is 59.4 Å². The van der Waals surface area contributed by atoms with Crippen LogP contribution in [-0.2, 0) is 17.6 Å². The molecule has 1 N–H and O–H groups in total. The number of nitrogens with one attached hydrogen (secondary N) is 1. The third kappa shape index (κ3) is 2.58. The monoisotopic (exact) mass is 348 g/mol. The van der Waals surface area contributed by atoms with Gasteiger partial charge in [0.05, 0.1) is 23.1 Å². The number of hydrogen-bond acceptors (Lipinski definition) is 3. The largest absolute Gasteiger partial charge is 0.337 e. The molecule has 5 nitrogen and oxygen atoms in total. The van der Waals surface area contributed by atoms with Crippen molar-refractivity contribution in [2.45, 2.75) is 37.6 Å². The average molecular weight is 348 g/mol. The van der Waals surface area contributed by atoms with E-state index in [-0.39, 0.29) is 11.9 Å². The normalized spacial score (nSPS) is 21.8. The van der Waals surface area contributed by atoms with Crippen LogP contribution in [0.4, 0.5) is 0 Å². The van der Waals surface area contributed by atoms with Gasteiger partial charge in [-0.05, 0) is 42.5 Å². The maximum Gasteiger partial charge on any atom is 0.246 e. The van der Waals surface area contributed by atoms with Crippen molar-refractivity contribution in [3.8, 4) is 5.69 Å². The molecule has 2 aliphatic heterocycles. The lowest BCUT2D eigenvalue weighted by molar-refractivity contribution is -0.126. The third-order valence-corrected chi connectivity index (χ3v) is 5.89. The molecule has 5 heteroatoms. The minimum atomic E-state index is 0.00705. The van der Waals surface area contributed by atoms with Crippen molar-refractivity contribution in [3.63, 3.8) is 0 Å². The molecule has 1 atom stereocenters. The molecule has 3 heterocycles. The number of hydrogen-bond donors (Lipinski definition) is 1. The topological polar surface area (TPSA) is 50.2 Å². The van der Waals surface area contributed by atoms with Gasteiger partial charge in [-0.3, -0.25) is 4.79 Å². The van der Waals surface area contributed by atoms with Gasteiger partial charge in [0.1, 0.15) is 0 Å². The van der Waals surface area contributed by atoms with Crippen molar-refractivity contribution in [1.82, 2.24) is 20.0 Å². The molecule has 26 heavy (non-hydrogen) atoms. The van der Waals surface area contributed by atoms with E-state index < -0.39 is 0 Å². The number of aromatic nitrogens is 2. The van der Waals surface area contributed by atoms with E-state index in [0.29, 0.717) is 13.1 Å². The number of carbonyl (C=O) groups excluding carboxylic acids is 1. The lowest BCUT2D eigenvalue weighted by Crippen LogP contribution is -2.40. The van der Waals surface area contributed by atoms with Gasteiger partial charge >= 0.3 is 0 Å². The maximum absolute atomic E-state index is 12.1. The Balaban J connectivity index is 1.51. The summed E-state index contributed by atoms with van der Waals surface area (Å²) >= 11 is 0. The van der Waals surface area contributed by atoms with Crippen molar-refractivity contribution in [2.75, 3.05) is 19.6 Å². The first-order valence-corrected chi connectivity index (χ1v) is 9.60. The molecule has 1 fully saturated rings. The first-order chi connectivity index (χ1) is 12.7. The summed E-state index contributed by atoms with van der Waals surface area (Å²) in [6.07, 6.45) is 5.84. The number of nitrogens with zero attached hydrogens (tertiary/aromatic N) is 3. The molecule has 0 saturated heterocycles. The molecule has 1 unspecified atom stereocenters. The molecule has 1 aromatic carbocycles. The Hall–Kier alpha value is -2.40. The van der Waals surface area contributed by atoms with Crippen molar-refractivity contribution < 1.29 is 4.79 Å². The van der Waals surface area contributed by atoms with E-state index in [4.69, 9.17) is 5.10 Å². The molecule has 1 saturated carbocycles. The summed E-state index contributed by atoms with van der Waals surface area (Å²) in [6.45, 7) is 5.94. The fraction of sp³-hybridized carbons (Fsp3) is 0.429. The fourth-order valence-electron chi connectivity index (χ4n) is 4.37. The van der Waals surface area contributed by atoms with Crippen LogP contribution in [0.1, 0.15) is 47.3 Å². The van der Waals surface area contributed by atoms with Crippen LogP contribution in [0.3, 0.4) is 0 Å². The number of carbonyl (C=O) groups is 1. The van der Waals surface area contributed by atoms with Crippen LogP contribution in [0.2, 0.25) is 0 Å². The molecule has 0 bridgehead atoms. The Kier molecular flexibility index (Phi) is 3.71. The standard InChI is InChI=1S/C21H24N4O/c1-2-20(26)24-12-10-17-21-18(13-24)22-11-9-19(21)25(23-17)16-7-5-15(6-8-16)14-3-4-14/h2,5-8,14,18,22H,1,3-4,9-13H2. The van der Waals surface area contributed by atoms with Gasteiger partial charge in [0.15, 0.2) is 0 Å². The average Bonchev–Trinajstić information content (AvgIpc) is 3.48. The highest BCUT2D eigenvalue weighted by Crippen LogP contribution is 2.40. The highest BCUT2D eigenvalue weighted by Gasteiger charge is 2.33. The summed E-state index contributed by atoms with van der Waals surface area (Å²) in [7, 11) is 0. The van der Waals surface area contributed by atoms with Gasteiger partial charge in [0, 0.05) is 38.0 Å². The molecule has 0 radical (unpaired) electrons. The molecule has 1 aliphatic carbocycles. The second-order valence-electron chi connectivity index (χ2n) is 7.58. The predicted molar refractivity (Wildman–Crippen MR) is 100 cm³/mol. The van der Waals surface area contributed by atoms with E-state index >= 15 is 0 Å². The summed E-state index contributed by atoms with van der Waals surface area (Å²) in [4.78, 5) is 14.0. The van der Waals surface area contributed by atoms with Crippen LogP contribution in [0.5, 0.6) is 0 Å². The Labute approximate surface area is 153 Å². The molecule has 1 aromatic heterocycles. The smallest absolute Gasteiger partial charge is 0.246 e. The van der Waals surface area contributed by atoms with Gasteiger partial charge in [-0.25, -0.2) is 4.68 Å². The Bertz CT molecular complexity index is 863. The van der Waals surface area contributed by atoms with E-state index in [2.05, 4.69) is 40.8 Å². The first kappa shape index (κ1) is 15.8. The molecular weight excluding hydrogens is 324 g/mol. The lowest BCUT2D eigenvalue weighted by Gasteiger charge is -2.28. The molecule has 5 rings (SSSR count). The Morgan fingerprint density at radius 1 is 1.23 bits per heavy atom. The molecule has 3 aliphatic rings. The van der Waals surface area contributed by atoms with E-state index in [0.717, 1.165) is 36.7 Å². The van der Waals surface area contributed by atoms with Crippen LogP contribution in [0.15, 0.2) is 36.9 Å². The van der Waals surface area contributed by atoms with Crippen molar-refractivity contribution in [2.24, 2.45) is 0 Å². The maximum atomic E-state index is 12.1. The van der Waals surface area contributed by atoms with Crippen molar-refractivity contribution >= 4 is 5.91 Å². The van der Waals surface area contributed by atoms with Crippen LogP contribution in [-0.4, -0.2) is 40.2 Å². The molecule has 1 amide bonds. The lowest BCUT2D eigenvalue weighted by atomic mass is 9.98. The second kappa shape index (κ2) is 6.09. The SMILES string of the molecule is C=CC(=O)N1CCc2nn(-c3ccc(C4CC4)cc3)c3c2C(C1)NCC3. The summed E-state index contributed by atoms with van der Waals surface area (Å²) in [6, 6.07) is 9.10.